The third-order valence-electron chi connectivity index (χ3n) is 2.92. The van der Waals surface area contributed by atoms with Crippen LogP contribution in [0.1, 0.15) is 10.5 Å². The van der Waals surface area contributed by atoms with E-state index in [1.54, 1.807) is 24.3 Å². The van der Waals surface area contributed by atoms with E-state index in [0.29, 0.717) is 11.4 Å². The average molecular weight is 325 g/mol. The lowest BCUT2D eigenvalue weighted by Gasteiger charge is -2.09. The maximum Gasteiger partial charge on any atom is 0.357 e. The van der Waals surface area contributed by atoms with Crippen LogP contribution in [0.5, 0.6) is 5.75 Å². The van der Waals surface area contributed by atoms with Crippen LogP contribution in [0, 0.1) is 0 Å². The van der Waals surface area contributed by atoms with E-state index in [9.17, 15) is 13.2 Å². The summed E-state index contributed by atoms with van der Waals surface area (Å²) in [4.78, 5) is 11.5. The van der Waals surface area contributed by atoms with E-state index < -0.39 is 16.0 Å². The molecule has 1 aromatic carbocycles. The molecule has 2 rings (SSSR count). The molecule has 0 aliphatic heterocycles. The van der Waals surface area contributed by atoms with Crippen LogP contribution in [0.2, 0.25) is 0 Å². The van der Waals surface area contributed by atoms with Gasteiger partial charge in [-0.05, 0) is 24.3 Å². The number of aromatic nitrogens is 2. The van der Waals surface area contributed by atoms with Crippen LogP contribution in [0.25, 0.3) is 0 Å². The van der Waals surface area contributed by atoms with Gasteiger partial charge in [0.05, 0.1) is 20.4 Å². The van der Waals surface area contributed by atoms with Gasteiger partial charge >= 0.3 is 5.97 Å². The molecule has 9 heteroatoms. The first-order chi connectivity index (χ1) is 10.4. The van der Waals surface area contributed by atoms with Gasteiger partial charge in [0.15, 0.2) is 5.69 Å². The van der Waals surface area contributed by atoms with Crippen molar-refractivity contribution in [2.75, 3.05) is 18.9 Å². The predicted molar refractivity (Wildman–Crippen MR) is 78.4 cm³/mol. The van der Waals surface area contributed by atoms with Crippen LogP contribution in [0.3, 0.4) is 0 Å². The summed E-state index contributed by atoms with van der Waals surface area (Å²) in [6.07, 6.45) is 1.10. The molecule has 0 aliphatic carbocycles. The molecule has 0 amide bonds. The first-order valence-electron chi connectivity index (χ1n) is 6.16. The van der Waals surface area contributed by atoms with E-state index in [1.807, 2.05) is 0 Å². The Bertz CT molecular complexity index is 781. The highest BCUT2D eigenvalue weighted by atomic mass is 32.2. The molecule has 0 atom stereocenters. The molecule has 1 heterocycles. The van der Waals surface area contributed by atoms with Crippen LogP contribution < -0.4 is 9.46 Å². The Morgan fingerprint density at radius 3 is 2.41 bits per heavy atom. The third kappa shape index (κ3) is 3.03. The maximum absolute atomic E-state index is 12.4. The monoisotopic (exact) mass is 325 g/mol. The molecule has 22 heavy (non-hydrogen) atoms. The quantitative estimate of drug-likeness (QED) is 0.824. The van der Waals surface area contributed by atoms with Crippen molar-refractivity contribution in [3.63, 3.8) is 0 Å². The van der Waals surface area contributed by atoms with Crippen LogP contribution in [-0.2, 0) is 21.8 Å². The van der Waals surface area contributed by atoms with E-state index in [2.05, 4.69) is 14.6 Å². The number of carbonyl (C=O) groups excluding carboxylic acids is 1. The summed E-state index contributed by atoms with van der Waals surface area (Å²) in [6.45, 7) is 0. The number of sulfonamides is 1. The second-order valence-electron chi connectivity index (χ2n) is 4.31. The predicted octanol–water partition coefficient (Wildman–Crippen LogP) is 1.02. The lowest BCUT2D eigenvalue weighted by Crippen LogP contribution is -2.18. The standard InChI is InChI=1S/C13H15N3O5S/c1-16-12(13(17)21-3)11(8-14-16)22(18,19)15-9-4-6-10(20-2)7-5-9/h4-8,15H,1-3H3. The molecule has 118 valence electrons. The molecule has 0 spiro atoms. The van der Waals surface area contributed by atoms with E-state index in [1.165, 1.54) is 21.3 Å². The smallest absolute Gasteiger partial charge is 0.357 e. The number of hydrogen-bond acceptors (Lipinski definition) is 6. The van der Waals surface area contributed by atoms with Gasteiger partial charge in [-0.15, -0.1) is 0 Å². The van der Waals surface area contributed by atoms with Crippen molar-refractivity contribution < 1.29 is 22.7 Å². The number of ether oxygens (including phenoxy) is 2. The molecule has 8 nitrogen and oxygen atoms in total. The summed E-state index contributed by atoms with van der Waals surface area (Å²) in [5.41, 5.74) is 0.184. The summed E-state index contributed by atoms with van der Waals surface area (Å²) < 4.78 is 37.9. The van der Waals surface area contributed by atoms with Gasteiger partial charge in [0.1, 0.15) is 10.6 Å². The number of rotatable bonds is 5. The highest BCUT2D eigenvalue weighted by molar-refractivity contribution is 7.92. The van der Waals surface area contributed by atoms with Gasteiger partial charge in [0.2, 0.25) is 0 Å². The van der Waals surface area contributed by atoms with E-state index >= 15 is 0 Å². The van der Waals surface area contributed by atoms with Crippen molar-refractivity contribution in [3.8, 4) is 5.75 Å². The van der Waals surface area contributed by atoms with E-state index in [0.717, 1.165) is 10.9 Å². The number of carbonyl (C=O) groups is 1. The summed E-state index contributed by atoms with van der Waals surface area (Å²) in [6, 6.07) is 6.32. The Balaban J connectivity index is 2.36. The second kappa shape index (κ2) is 6.06. The molecule has 0 radical (unpaired) electrons. The minimum Gasteiger partial charge on any atom is -0.497 e. The molecule has 0 bridgehead atoms. The Morgan fingerprint density at radius 2 is 1.86 bits per heavy atom. The topological polar surface area (TPSA) is 99.5 Å². The number of nitrogens with zero attached hydrogens (tertiary/aromatic N) is 2. The van der Waals surface area contributed by atoms with E-state index in [-0.39, 0.29) is 10.6 Å². The number of aryl methyl sites for hydroxylation is 1. The van der Waals surface area contributed by atoms with Crippen molar-refractivity contribution in [1.29, 1.82) is 0 Å². The normalized spacial score (nSPS) is 11.0. The molecule has 0 saturated carbocycles. The Hall–Kier alpha value is -2.55. The van der Waals surface area contributed by atoms with Gasteiger partial charge in [0, 0.05) is 12.7 Å². The maximum atomic E-state index is 12.4. The Morgan fingerprint density at radius 1 is 1.23 bits per heavy atom. The summed E-state index contributed by atoms with van der Waals surface area (Å²) in [7, 11) is 0.165. The molecular weight excluding hydrogens is 310 g/mol. The number of hydrogen-bond donors (Lipinski definition) is 1. The van der Waals surface area contributed by atoms with Crippen LogP contribution in [-0.4, -0.2) is 38.4 Å². The fraction of sp³-hybridized carbons (Fsp3) is 0.231. The number of benzene rings is 1. The third-order valence-corrected chi connectivity index (χ3v) is 4.30. The zero-order valence-electron chi connectivity index (χ0n) is 12.2. The molecular formula is C13H15N3O5S. The van der Waals surface area contributed by atoms with Gasteiger partial charge in [-0.1, -0.05) is 0 Å². The van der Waals surface area contributed by atoms with Crippen LogP contribution in [0.4, 0.5) is 5.69 Å². The minimum absolute atomic E-state index is 0.150. The zero-order chi connectivity index (χ0) is 16.3. The first-order valence-corrected chi connectivity index (χ1v) is 7.64. The summed E-state index contributed by atoms with van der Waals surface area (Å²) in [5.74, 6) is -0.185. The Labute approximate surface area is 127 Å². The number of nitrogens with one attached hydrogen (secondary N) is 1. The highest BCUT2D eigenvalue weighted by Crippen LogP contribution is 2.21. The number of anilines is 1. The first kappa shape index (κ1) is 15.8. The van der Waals surface area contributed by atoms with Crippen molar-refractivity contribution in [1.82, 2.24) is 9.78 Å². The van der Waals surface area contributed by atoms with Crippen molar-refractivity contribution in [2.45, 2.75) is 4.90 Å². The second-order valence-corrected chi connectivity index (χ2v) is 5.96. The summed E-state index contributed by atoms with van der Waals surface area (Å²) in [5, 5.41) is 3.80. The van der Waals surface area contributed by atoms with E-state index in [4.69, 9.17) is 4.74 Å². The number of methoxy groups -OCH3 is 2. The van der Waals surface area contributed by atoms with Gasteiger partial charge in [-0.3, -0.25) is 9.40 Å². The fourth-order valence-corrected chi connectivity index (χ4v) is 3.02. The number of esters is 1. The van der Waals surface area contributed by atoms with Gasteiger partial charge < -0.3 is 9.47 Å². The lowest BCUT2D eigenvalue weighted by molar-refractivity contribution is 0.0583. The average Bonchev–Trinajstić information content (AvgIpc) is 2.89. The lowest BCUT2D eigenvalue weighted by atomic mass is 10.3. The molecule has 2 aromatic rings. The molecule has 0 fully saturated rings. The Kier molecular flexibility index (Phi) is 4.36. The molecule has 1 N–H and O–H groups in total. The van der Waals surface area contributed by atoms with Crippen molar-refractivity contribution in [3.05, 3.63) is 36.2 Å². The van der Waals surface area contributed by atoms with Crippen LogP contribution >= 0.6 is 0 Å². The van der Waals surface area contributed by atoms with Crippen LogP contribution in [0.15, 0.2) is 35.4 Å². The fourth-order valence-electron chi connectivity index (χ4n) is 1.81. The molecule has 0 saturated heterocycles. The van der Waals surface area contributed by atoms with Gasteiger partial charge in [0.25, 0.3) is 10.0 Å². The van der Waals surface area contributed by atoms with Gasteiger partial charge in [-0.2, -0.15) is 5.10 Å². The van der Waals surface area contributed by atoms with Crippen molar-refractivity contribution in [2.24, 2.45) is 7.05 Å². The molecule has 0 aliphatic rings. The zero-order valence-corrected chi connectivity index (χ0v) is 13.0. The SMILES string of the molecule is COC(=O)c1c(S(=O)(=O)Nc2ccc(OC)cc2)cnn1C. The molecule has 1 aromatic heterocycles. The van der Waals surface area contributed by atoms with Gasteiger partial charge in [-0.25, -0.2) is 13.2 Å². The molecule has 0 unspecified atom stereocenters. The minimum atomic E-state index is -3.97. The highest BCUT2D eigenvalue weighted by Gasteiger charge is 2.27. The summed E-state index contributed by atoms with van der Waals surface area (Å²) >= 11 is 0. The van der Waals surface area contributed by atoms with Crippen molar-refractivity contribution >= 4 is 21.7 Å². The largest absolute Gasteiger partial charge is 0.497 e.